The summed E-state index contributed by atoms with van der Waals surface area (Å²) in [5.74, 6) is -1.47. The van der Waals surface area contributed by atoms with Gasteiger partial charge in [0.25, 0.3) is 0 Å². The molecule has 4 saturated heterocycles. The van der Waals surface area contributed by atoms with Gasteiger partial charge in [0.15, 0.2) is 17.9 Å². The third-order valence-corrected chi connectivity index (χ3v) is 12.6. The zero-order valence-electron chi connectivity index (χ0n) is 49.6. The molecule has 12 nitrogen and oxygen atoms in total. The fourth-order valence-corrected chi connectivity index (χ4v) is 9.41. The maximum atomic E-state index is 9.58. The Morgan fingerprint density at radius 3 is 1.66 bits per heavy atom. The highest BCUT2D eigenvalue weighted by molar-refractivity contribution is 5.31. The van der Waals surface area contributed by atoms with Crippen LogP contribution in [0.3, 0.4) is 0 Å². The van der Waals surface area contributed by atoms with E-state index in [4.69, 9.17) is 70.5 Å². The van der Waals surface area contributed by atoms with Crippen molar-refractivity contribution in [2.75, 3.05) is 20.3 Å². The monoisotopic (exact) mass is 893 g/mol. The molecule has 10 rings (SSSR count). The number of ether oxygens (including phenoxy) is 12. The number of rotatable bonds is 14. The summed E-state index contributed by atoms with van der Waals surface area (Å²) in [6, 6.07) is 7.21. The first-order valence-electron chi connectivity index (χ1n) is 29.2. The number of hydrogen-bond acceptors (Lipinski definition) is 12. The highest BCUT2D eigenvalue weighted by atomic mass is 16.8. The lowest BCUT2D eigenvalue weighted by Crippen LogP contribution is -2.70. The lowest BCUT2D eigenvalue weighted by Gasteiger charge is -2.56. The van der Waals surface area contributed by atoms with Gasteiger partial charge in [-0.05, 0) is 66.6 Å². The molecule has 6 aliphatic rings. The molecule has 64 heavy (non-hydrogen) atoms. The first-order chi connectivity index (χ1) is 37.1. The van der Waals surface area contributed by atoms with E-state index in [0.29, 0.717) is 50.0 Å². The molecular formula is C52H62O12. The second kappa shape index (κ2) is 20.3. The van der Waals surface area contributed by atoms with Crippen LogP contribution in [0.2, 0.25) is 0 Å². The molecule has 2 aliphatic carbocycles. The summed E-state index contributed by atoms with van der Waals surface area (Å²) in [5.41, 5.74) is -1.07. The van der Waals surface area contributed by atoms with E-state index in [-0.39, 0.29) is 19.8 Å². The lowest BCUT2D eigenvalue weighted by molar-refractivity contribution is -0.431. The van der Waals surface area contributed by atoms with Crippen molar-refractivity contribution < 1.29 is 76.0 Å². The van der Waals surface area contributed by atoms with Crippen LogP contribution in [0.5, 0.6) is 11.5 Å². The van der Waals surface area contributed by atoms with Gasteiger partial charge in [0, 0.05) is 25.7 Å². The largest absolute Gasteiger partial charge is 0.497 e. The van der Waals surface area contributed by atoms with Crippen LogP contribution in [0.1, 0.15) is 100 Å². The van der Waals surface area contributed by atoms with Crippen LogP contribution >= 0.6 is 0 Å². The van der Waals surface area contributed by atoms with Crippen LogP contribution in [0.25, 0.3) is 0 Å². The van der Waals surface area contributed by atoms with E-state index in [0.717, 1.165) is 31.2 Å². The maximum Gasteiger partial charge on any atom is 0.229 e. The average Bonchev–Trinajstić information content (AvgIpc) is 3.62. The maximum absolute atomic E-state index is 9.58. The molecule has 0 N–H and O–H groups in total. The fraction of sp³-hybridized carbons (Fsp3) is 0.538. The Labute approximate surface area is 396 Å². The SMILES string of the molecule is [2H]c1c([2H])c([2H])c(C([2H])([2H])O[C@@H]2[C@@H](OC([2H])([2H])c3c([2H])c([2H])c([2H])c([2H])c3[2H])[C@H](O[C@@H]3[C@@H](OCc4ccccc4)[C@H](Oc4ccc(OC)cc4)O[C@@H]4COC5(CCCCC5)O[C@@H]34)O[C@@H]3COC4(CCCCC4)O[C@@H]23)c([2H])c1[2H]. The van der Waals surface area contributed by atoms with Crippen LogP contribution < -0.4 is 9.47 Å². The van der Waals surface area contributed by atoms with E-state index in [1.54, 1.807) is 24.3 Å². The van der Waals surface area contributed by atoms with Crippen LogP contribution in [0.4, 0.5) is 0 Å². The number of methoxy groups -OCH3 is 1. The highest BCUT2D eigenvalue weighted by Crippen LogP contribution is 2.46. The van der Waals surface area contributed by atoms with Gasteiger partial charge in [0.1, 0.15) is 60.3 Å². The third kappa shape index (κ3) is 10.1. The summed E-state index contributed by atoms with van der Waals surface area (Å²) in [5, 5.41) is 0. The zero-order valence-corrected chi connectivity index (χ0v) is 35.6. The minimum Gasteiger partial charge on any atom is -0.497 e. The predicted octanol–water partition coefficient (Wildman–Crippen LogP) is 8.82. The Morgan fingerprint density at radius 2 is 1.08 bits per heavy atom. The van der Waals surface area contributed by atoms with Crippen molar-refractivity contribution in [1.29, 1.82) is 0 Å². The van der Waals surface area contributed by atoms with Gasteiger partial charge >= 0.3 is 0 Å². The van der Waals surface area contributed by atoms with Gasteiger partial charge < -0.3 is 56.8 Å². The molecule has 0 unspecified atom stereocenters. The van der Waals surface area contributed by atoms with Crippen molar-refractivity contribution in [2.24, 2.45) is 0 Å². The van der Waals surface area contributed by atoms with Crippen molar-refractivity contribution in [3.8, 4) is 11.5 Å². The van der Waals surface area contributed by atoms with Crippen molar-refractivity contribution >= 4 is 0 Å². The van der Waals surface area contributed by atoms with E-state index >= 15 is 0 Å². The second-order valence-corrected chi connectivity index (χ2v) is 16.8. The van der Waals surface area contributed by atoms with Gasteiger partial charge in [-0.1, -0.05) is 104 Å². The first-order valence-corrected chi connectivity index (χ1v) is 22.2. The molecule has 0 bridgehead atoms. The van der Waals surface area contributed by atoms with E-state index in [9.17, 15) is 5.48 Å². The molecular weight excluding hydrogens is 817 g/mol. The Hall–Kier alpha value is -3.92. The minimum absolute atomic E-state index is 0.000275. The summed E-state index contributed by atoms with van der Waals surface area (Å²) in [7, 11) is 1.53. The van der Waals surface area contributed by atoms with Gasteiger partial charge in [0.2, 0.25) is 6.29 Å². The summed E-state index contributed by atoms with van der Waals surface area (Å²) >= 11 is 0. The normalized spacial score (nSPS) is 35.6. The zero-order chi connectivity index (χ0) is 55.5. The predicted molar refractivity (Wildman–Crippen MR) is 234 cm³/mol. The highest BCUT2D eigenvalue weighted by Gasteiger charge is 2.60. The summed E-state index contributed by atoms with van der Waals surface area (Å²) in [6.45, 7) is -6.94. The number of benzene rings is 4. The van der Waals surface area contributed by atoms with Gasteiger partial charge in [0.05, 0.1) is 59.2 Å². The van der Waals surface area contributed by atoms with Crippen molar-refractivity contribution in [3.05, 3.63) is 132 Å². The van der Waals surface area contributed by atoms with Crippen LogP contribution in [-0.4, -0.2) is 93.3 Å². The van der Waals surface area contributed by atoms with Crippen LogP contribution in [0, 0.1) is 0 Å². The lowest BCUT2D eigenvalue weighted by atomic mass is 9.89. The van der Waals surface area contributed by atoms with E-state index < -0.39 is 158 Å². The number of hydrogen-bond donors (Lipinski definition) is 0. The van der Waals surface area contributed by atoms with Gasteiger partial charge in [-0.15, -0.1) is 0 Å². The van der Waals surface area contributed by atoms with E-state index in [1.807, 2.05) is 30.3 Å². The molecule has 342 valence electrons. The first kappa shape index (κ1) is 30.4. The van der Waals surface area contributed by atoms with Gasteiger partial charge in [-0.25, -0.2) is 0 Å². The Balaban J connectivity index is 1.14. The van der Waals surface area contributed by atoms with Crippen molar-refractivity contribution in [2.45, 2.75) is 157 Å². The molecule has 6 fully saturated rings. The summed E-state index contributed by atoms with van der Waals surface area (Å²) in [4.78, 5) is 0. The molecule has 10 atom stereocenters. The van der Waals surface area contributed by atoms with Gasteiger partial charge in [-0.2, -0.15) is 0 Å². The number of fused-ring (bicyclic) bond motifs is 2. The Bertz CT molecular complexity index is 2730. The molecule has 4 heterocycles. The quantitative estimate of drug-likeness (QED) is 0.121. The topological polar surface area (TPSA) is 111 Å². The fourth-order valence-electron chi connectivity index (χ4n) is 9.41. The molecule has 4 aromatic carbocycles. The molecule has 4 aliphatic heterocycles. The third-order valence-electron chi connectivity index (χ3n) is 12.6. The van der Waals surface area contributed by atoms with E-state index in [1.165, 1.54) is 7.11 Å². The van der Waals surface area contributed by atoms with E-state index in [2.05, 4.69) is 0 Å². The molecule has 12 heteroatoms. The molecule has 2 saturated carbocycles. The molecule has 0 aromatic heterocycles. The van der Waals surface area contributed by atoms with Crippen LogP contribution in [0.15, 0.2) is 115 Å². The smallest absolute Gasteiger partial charge is 0.229 e. The van der Waals surface area contributed by atoms with Crippen molar-refractivity contribution in [3.63, 3.8) is 0 Å². The molecule has 0 radical (unpaired) electrons. The second-order valence-electron chi connectivity index (χ2n) is 16.8. The molecule has 2 spiro atoms. The standard InChI is InChI=1S/C52H62O12/c1-53-39-23-25-40(26-24-39)59-49-48(56-33-38-21-11-4-12-22-38)46(44-42(60-49)35-58-52(64-44)29-15-6-16-30-52)62-50-47(55-32-37-19-9-3-10-20-37)45(54-31-36-17-7-2-8-18-36)43-41(61-50)34-57-51(63-43)27-13-5-14-28-51/h2-4,7-12,17-26,41-50H,5-6,13-16,27-35H2,1H3/t41-,42-,43-,44-,45+,46+,47-,48-,49-,50+/m1/s1/i2D,3D,7D,8D,9D,10D,17D,18D,19D,20D,31D2,32D2. The summed E-state index contributed by atoms with van der Waals surface area (Å²) in [6.07, 6.45) is -7.96. The van der Waals surface area contributed by atoms with Crippen LogP contribution in [-0.2, 0) is 67.1 Å². The molecule has 4 aromatic rings. The van der Waals surface area contributed by atoms with Gasteiger partial charge in [-0.3, -0.25) is 0 Å². The minimum atomic E-state index is -3.38. The Kier molecular flexibility index (Phi) is 9.64. The average molecular weight is 893 g/mol. The Morgan fingerprint density at radius 1 is 0.562 bits per heavy atom. The summed E-state index contributed by atoms with van der Waals surface area (Å²) < 4.78 is 204. The molecule has 0 amide bonds. The van der Waals surface area contributed by atoms with Crippen molar-refractivity contribution in [1.82, 2.24) is 0 Å².